The zero-order valence-electron chi connectivity index (χ0n) is 13.5. The highest BCUT2D eigenvalue weighted by atomic mass is 16.2. The van der Waals surface area contributed by atoms with Crippen LogP contribution >= 0.6 is 0 Å². The number of carbonyl (C=O) groups excluding carboxylic acids is 1. The van der Waals surface area contributed by atoms with Gasteiger partial charge in [0.1, 0.15) is 0 Å². The van der Waals surface area contributed by atoms with Gasteiger partial charge >= 0.3 is 0 Å². The molecule has 21 heavy (non-hydrogen) atoms. The van der Waals surface area contributed by atoms with Crippen LogP contribution in [-0.2, 0) is 4.79 Å². The van der Waals surface area contributed by atoms with E-state index in [1.54, 1.807) is 0 Å². The zero-order valence-corrected chi connectivity index (χ0v) is 13.5. The lowest BCUT2D eigenvalue weighted by Crippen LogP contribution is -2.42. The first-order chi connectivity index (χ1) is 10.1. The highest BCUT2D eigenvalue weighted by molar-refractivity contribution is 5.83. The quantitative estimate of drug-likeness (QED) is 0.872. The predicted octanol–water partition coefficient (Wildman–Crippen LogP) is 3.03. The second kappa shape index (κ2) is 7.60. The third kappa shape index (κ3) is 4.07. The summed E-state index contributed by atoms with van der Waals surface area (Å²) in [4.78, 5) is 14.9. The van der Waals surface area contributed by atoms with E-state index in [0.717, 1.165) is 25.1 Å². The van der Waals surface area contributed by atoms with E-state index in [-0.39, 0.29) is 11.8 Å². The maximum absolute atomic E-state index is 12.9. The van der Waals surface area contributed by atoms with Crippen molar-refractivity contribution in [3.63, 3.8) is 0 Å². The fraction of sp³-hybridized carbons (Fsp3) is 0.611. The Morgan fingerprint density at radius 3 is 2.67 bits per heavy atom. The molecular weight excluding hydrogens is 260 g/mol. The number of amides is 1. The average molecular weight is 288 g/mol. The fourth-order valence-corrected chi connectivity index (χ4v) is 3.18. The van der Waals surface area contributed by atoms with Gasteiger partial charge in [0.15, 0.2) is 0 Å². The lowest BCUT2D eigenvalue weighted by molar-refractivity contribution is -0.133. The van der Waals surface area contributed by atoms with Crippen molar-refractivity contribution >= 4 is 5.91 Å². The number of rotatable bonds is 6. The molecule has 3 nitrogen and oxygen atoms in total. The summed E-state index contributed by atoms with van der Waals surface area (Å²) in [5.41, 5.74) is 1.14. The molecule has 1 fully saturated rings. The van der Waals surface area contributed by atoms with Crippen LogP contribution in [0.2, 0.25) is 0 Å². The minimum absolute atomic E-state index is 0.0254. The molecule has 1 aliphatic rings. The Kier molecular flexibility index (Phi) is 5.80. The second-order valence-corrected chi connectivity index (χ2v) is 6.29. The molecule has 1 aromatic rings. The van der Waals surface area contributed by atoms with Crippen molar-refractivity contribution in [3.05, 3.63) is 35.9 Å². The van der Waals surface area contributed by atoms with E-state index in [2.05, 4.69) is 31.3 Å². The highest BCUT2D eigenvalue weighted by Crippen LogP contribution is 2.29. The molecule has 0 spiro atoms. The molecule has 1 aliphatic heterocycles. The first-order valence-corrected chi connectivity index (χ1v) is 8.16. The van der Waals surface area contributed by atoms with Crippen LogP contribution in [0, 0.1) is 5.92 Å². The van der Waals surface area contributed by atoms with Gasteiger partial charge in [0.05, 0.1) is 5.92 Å². The molecular formula is C18H28N2O. The second-order valence-electron chi connectivity index (χ2n) is 6.29. The molecule has 1 heterocycles. The minimum Gasteiger partial charge on any atom is -0.344 e. The first-order valence-electron chi connectivity index (χ1n) is 8.16. The van der Waals surface area contributed by atoms with Crippen LogP contribution in [0.1, 0.15) is 44.6 Å². The molecule has 116 valence electrons. The van der Waals surface area contributed by atoms with Gasteiger partial charge in [-0.1, -0.05) is 50.6 Å². The van der Waals surface area contributed by atoms with Crippen molar-refractivity contribution in [3.8, 4) is 0 Å². The van der Waals surface area contributed by atoms with Gasteiger partial charge in [-0.3, -0.25) is 4.79 Å². The largest absolute Gasteiger partial charge is 0.344 e. The number of benzene rings is 1. The van der Waals surface area contributed by atoms with Crippen molar-refractivity contribution < 1.29 is 4.79 Å². The van der Waals surface area contributed by atoms with Crippen molar-refractivity contribution in [2.75, 3.05) is 20.1 Å². The lowest BCUT2D eigenvalue weighted by atomic mass is 9.84. The number of carbonyl (C=O) groups is 1. The molecule has 3 heteroatoms. The minimum atomic E-state index is -0.0254. The number of nitrogens with one attached hydrogen (secondary N) is 1. The van der Waals surface area contributed by atoms with Gasteiger partial charge in [-0.2, -0.15) is 0 Å². The van der Waals surface area contributed by atoms with E-state index in [1.165, 1.54) is 12.8 Å². The summed E-state index contributed by atoms with van der Waals surface area (Å²) in [6.07, 6.45) is 3.41. The van der Waals surface area contributed by atoms with Crippen molar-refractivity contribution in [2.24, 2.45) is 5.92 Å². The van der Waals surface area contributed by atoms with E-state index < -0.39 is 0 Å². The Morgan fingerprint density at radius 2 is 2.10 bits per heavy atom. The van der Waals surface area contributed by atoms with Crippen LogP contribution in [0.5, 0.6) is 0 Å². The standard InChI is InChI=1S/C18H28N2O/c1-4-14(2)17(15-9-6-5-7-10-15)18(21)20(3)13-16-11-8-12-19-16/h5-7,9-10,14,16-17,19H,4,8,11-13H2,1-3H3. The van der Waals surface area contributed by atoms with E-state index in [9.17, 15) is 4.79 Å². The average Bonchev–Trinajstić information content (AvgIpc) is 3.01. The van der Waals surface area contributed by atoms with Crippen LogP contribution in [0.15, 0.2) is 30.3 Å². The Balaban J connectivity index is 2.10. The molecule has 1 aromatic carbocycles. The third-order valence-electron chi connectivity index (χ3n) is 4.67. The topological polar surface area (TPSA) is 32.3 Å². The highest BCUT2D eigenvalue weighted by Gasteiger charge is 2.29. The molecule has 1 amide bonds. The zero-order chi connectivity index (χ0) is 15.2. The van der Waals surface area contributed by atoms with Gasteiger partial charge in [-0.25, -0.2) is 0 Å². The molecule has 0 aromatic heterocycles. The lowest BCUT2D eigenvalue weighted by Gasteiger charge is -2.29. The van der Waals surface area contributed by atoms with Crippen LogP contribution in [0.25, 0.3) is 0 Å². The van der Waals surface area contributed by atoms with Gasteiger partial charge in [-0.15, -0.1) is 0 Å². The smallest absolute Gasteiger partial charge is 0.230 e. The number of hydrogen-bond acceptors (Lipinski definition) is 2. The fourth-order valence-electron chi connectivity index (χ4n) is 3.18. The molecule has 3 atom stereocenters. The number of hydrogen-bond donors (Lipinski definition) is 1. The van der Waals surface area contributed by atoms with Crippen molar-refractivity contribution in [2.45, 2.75) is 45.1 Å². The monoisotopic (exact) mass is 288 g/mol. The van der Waals surface area contributed by atoms with Crippen LogP contribution in [-0.4, -0.2) is 37.0 Å². The summed E-state index contributed by atoms with van der Waals surface area (Å²) in [6, 6.07) is 10.7. The predicted molar refractivity (Wildman–Crippen MR) is 87.3 cm³/mol. The summed E-state index contributed by atoms with van der Waals surface area (Å²) in [7, 11) is 1.95. The Morgan fingerprint density at radius 1 is 1.38 bits per heavy atom. The van der Waals surface area contributed by atoms with Gasteiger partial charge in [0.2, 0.25) is 5.91 Å². The summed E-state index contributed by atoms with van der Waals surface area (Å²) < 4.78 is 0. The molecule has 3 unspecified atom stereocenters. The van der Waals surface area contributed by atoms with Crippen LogP contribution < -0.4 is 5.32 Å². The van der Waals surface area contributed by atoms with E-state index in [0.29, 0.717) is 12.0 Å². The number of likely N-dealkylation sites (N-methyl/N-ethyl adjacent to an activating group) is 1. The molecule has 0 bridgehead atoms. The summed E-state index contributed by atoms with van der Waals surface area (Å²) in [5.74, 6) is 0.589. The molecule has 1 N–H and O–H groups in total. The summed E-state index contributed by atoms with van der Waals surface area (Å²) in [6.45, 7) is 6.24. The summed E-state index contributed by atoms with van der Waals surface area (Å²) in [5, 5.41) is 3.47. The molecule has 2 rings (SSSR count). The molecule has 0 radical (unpaired) electrons. The normalized spacial score (nSPS) is 21.0. The van der Waals surface area contributed by atoms with E-state index in [4.69, 9.17) is 0 Å². The van der Waals surface area contributed by atoms with Gasteiger partial charge < -0.3 is 10.2 Å². The van der Waals surface area contributed by atoms with Gasteiger partial charge in [0.25, 0.3) is 0 Å². The first kappa shape index (κ1) is 16.0. The Labute approximate surface area is 128 Å². The molecule has 1 saturated heterocycles. The summed E-state index contributed by atoms with van der Waals surface area (Å²) >= 11 is 0. The Hall–Kier alpha value is -1.35. The SMILES string of the molecule is CCC(C)C(C(=O)N(C)CC1CCCN1)c1ccccc1. The number of nitrogens with zero attached hydrogens (tertiary/aromatic N) is 1. The third-order valence-corrected chi connectivity index (χ3v) is 4.67. The molecule has 0 aliphatic carbocycles. The van der Waals surface area contributed by atoms with Crippen molar-refractivity contribution in [1.82, 2.24) is 10.2 Å². The molecule has 0 saturated carbocycles. The van der Waals surface area contributed by atoms with Crippen LogP contribution in [0.4, 0.5) is 0 Å². The Bertz CT molecular complexity index is 440. The van der Waals surface area contributed by atoms with Crippen molar-refractivity contribution in [1.29, 1.82) is 0 Å². The maximum Gasteiger partial charge on any atom is 0.230 e. The van der Waals surface area contributed by atoms with E-state index in [1.807, 2.05) is 30.1 Å². The van der Waals surface area contributed by atoms with Crippen LogP contribution in [0.3, 0.4) is 0 Å². The van der Waals surface area contributed by atoms with Gasteiger partial charge in [-0.05, 0) is 30.9 Å². The maximum atomic E-state index is 12.9. The van der Waals surface area contributed by atoms with E-state index >= 15 is 0 Å². The van der Waals surface area contributed by atoms with Gasteiger partial charge in [0, 0.05) is 19.6 Å².